The van der Waals surface area contributed by atoms with Gasteiger partial charge >= 0.3 is 0 Å². The van der Waals surface area contributed by atoms with E-state index in [4.69, 9.17) is 4.74 Å². The third kappa shape index (κ3) is 3.74. The Morgan fingerprint density at radius 2 is 1.78 bits per heavy atom. The molecule has 0 saturated carbocycles. The first-order chi connectivity index (χ1) is 8.55. The Morgan fingerprint density at radius 3 is 2.28 bits per heavy atom. The lowest BCUT2D eigenvalue weighted by Gasteiger charge is -2.30. The third-order valence-corrected chi connectivity index (χ3v) is 3.56. The second-order valence-electron chi connectivity index (χ2n) is 6.17. The van der Waals surface area contributed by atoms with Crippen molar-refractivity contribution in [2.24, 2.45) is 0 Å². The highest BCUT2D eigenvalue weighted by Crippen LogP contribution is 2.24. The zero-order valence-electron chi connectivity index (χ0n) is 11.9. The molecule has 100 valence electrons. The average Bonchev–Trinajstić information content (AvgIpc) is 2.26. The SMILES string of the molecule is CC(C)(C)c1ccc(OCCCN2CCC2)cc1. The van der Waals surface area contributed by atoms with E-state index in [2.05, 4.69) is 49.9 Å². The summed E-state index contributed by atoms with van der Waals surface area (Å²) in [5, 5.41) is 0. The molecule has 0 bridgehead atoms. The average molecular weight is 247 g/mol. The van der Waals surface area contributed by atoms with Crippen LogP contribution in [0.5, 0.6) is 5.75 Å². The van der Waals surface area contributed by atoms with Crippen LogP contribution in [0.25, 0.3) is 0 Å². The maximum Gasteiger partial charge on any atom is 0.119 e. The lowest BCUT2D eigenvalue weighted by molar-refractivity contribution is 0.165. The fourth-order valence-electron chi connectivity index (χ4n) is 2.13. The molecule has 0 amide bonds. The molecule has 0 aromatic heterocycles. The second kappa shape index (κ2) is 5.75. The van der Waals surface area contributed by atoms with Crippen LogP contribution in [-0.4, -0.2) is 31.1 Å². The summed E-state index contributed by atoms with van der Waals surface area (Å²) in [5.74, 6) is 0.992. The van der Waals surface area contributed by atoms with Gasteiger partial charge in [0.15, 0.2) is 0 Å². The Labute approximate surface area is 111 Å². The highest BCUT2D eigenvalue weighted by molar-refractivity contribution is 5.31. The Bertz CT molecular complexity index is 360. The summed E-state index contributed by atoms with van der Waals surface area (Å²) in [6.07, 6.45) is 2.50. The fraction of sp³-hybridized carbons (Fsp3) is 0.625. The van der Waals surface area contributed by atoms with Crippen molar-refractivity contribution in [2.75, 3.05) is 26.2 Å². The quantitative estimate of drug-likeness (QED) is 0.739. The van der Waals surface area contributed by atoms with Crippen LogP contribution in [0.3, 0.4) is 0 Å². The molecule has 1 aromatic carbocycles. The van der Waals surface area contributed by atoms with E-state index in [1.807, 2.05) is 0 Å². The highest BCUT2D eigenvalue weighted by Gasteiger charge is 2.13. The number of rotatable bonds is 5. The Kier molecular flexibility index (Phi) is 4.28. The molecule has 0 atom stereocenters. The lowest BCUT2D eigenvalue weighted by atomic mass is 9.87. The molecular weight excluding hydrogens is 222 g/mol. The first-order valence-electron chi connectivity index (χ1n) is 7.01. The van der Waals surface area contributed by atoms with E-state index in [0.717, 1.165) is 18.8 Å². The van der Waals surface area contributed by atoms with Gasteiger partial charge in [-0.2, -0.15) is 0 Å². The number of hydrogen-bond acceptors (Lipinski definition) is 2. The molecule has 0 N–H and O–H groups in total. The van der Waals surface area contributed by atoms with E-state index in [0.29, 0.717) is 0 Å². The maximum absolute atomic E-state index is 5.77. The van der Waals surface area contributed by atoms with Crippen molar-refractivity contribution in [2.45, 2.75) is 39.0 Å². The molecule has 1 aromatic rings. The monoisotopic (exact) mass is 247 g/mol. The highest BCUT2D eigenvalue weighted by atomic mass is 16.5. The summed E-state index contributed by atoms with van der Waals surface area (Å²) in [6, 6.07) is 8.52. The van der Waals surface area contributed by atoms with E-state index in [-0.39, 0.29) is 5.41 Å². The third-order valence-electron chi connectivity index (χ3n) is 3.56. The summed E-state index contributed by atoms with van der Waals surface area (Å²) < 4.78 is 5.77. The van der Waals surface area contributed by atoms with Gasteiger partial charge in [0.25, 0.3) is 0 Å². The minimum Gasteiger partial charge on any atom is -0.494 e. The van der Waals surface area contributed by atoms with Crippen molar-refractivity contribution in [3.8, 4) is 5.75 Å². The molecular formula is C16H25NO. The Balaban J connectivity index is 1.72. The van der Waals surface area contributed by atoms with E-state index in [1.54, 1.807) is 0 Å². The molecule has 0 radical (unpaired) electrons. The van der Waals surface area contributed by atoms with Crippen LogP contribution in [0, 0.1) is 0 Å². The van der Waals surface area contributed by atoms with E-state index >= 15 is 0 Å². The molecule has 1 saturated heterocycles. The Morgan fingerprint density at radius 1 is 1.11 bits per heavy atom. The fourth-order valence-corrected chi connectivity index (χ4v) is 2.13. The molecule has 0 spiro atoms. The molecule has 1 aliphatic rings. The molecule has 1 aliphatic heterocycles. The number of ether oxygens (including phenoxy) is 1. The normalized spacial score (nSPS) is 16.4. The first kappa shape index (κ1) is 13.4. The van der Waals surface area contributed by atoms with Crippen LogP contribution in [0.1, 0.15) is 39.2 Å². The molecule has 18 heavy (non-hydrogen) atoms. The van der Waals surface area contributed by atoms with Gasteiger partial charge in [-0.15, -0.1) is 0 Å². The zero-order chi connectivity index (χ0) is 13.0. The van der Waals surface area contributed by atoms with Gasteiger partial charge < -0.3 is 9.64 Å². The van der Waals surface area contributed by atoms with Crippen molar-refractivity contribution < 1.29 is 4.74 Å². The molecule has 2 rings (SSSR count). The molecule has 1 fully saturated rings. The van der Waals surface area contributed by atoms with Crippen molar-refractivity contribution in [1.82, 2.24) is 4.90 Å². The van der Waals surface area contributed by atoms with E-state index in [9.17, 15) is 0 Å². The summed E-state index contributed by atoms with van der Waals surface area (Å²) in [4.78, 5) is 2.48. The van der Waals surface area contributed by atoms with Crippen LogP contribution in [0.15, 0.2) is 24.3 Å². The van der Waals surface area contributed by atoms with Gasteiger partial charge in [-0.25, -0.2) is 0 Å². The number of nitrogens with zero attached hydrogens (tertiary/aromatic N) is 1. The Hall–Kier alpha value is -1.02. The smallest absolute Gasteiger partial charge is 0.119 e. The van der Waals surface area contributed by atoms with Gasteiger partial charge in [0.05, 0.1) is 6.61 Å². The van der Waals surface area contributed by atoms with Crippen molar-refractivity contribution in [3.05, 3.63) is 29.8 Å². The van der Waals surface area contributed by atoms with Crippen LogP contribution < -0.4 is 4.74 Å². The van der Waals surface area contributed by atoms with Gasteiger partial charge in [0, 0.05) is 6.54 Å². The predicted octanol–water partition coefficient (Wildman–Crippen LogP) is 3.46. The van der Waals surface area contributed by atoms with Gasteiger partial charge in [-0.1, -0.05) is 32.9 Å². The maximum atomic E-state index is 5.77. The number of likely N-dealkylation sites (tertiary alicyclic amines) is 1. The molecule has 0 unspecified atom stereocenters. The molecule has 0 aliphatic carbocycles. The summed E-state index contributed by atoms with van der Waals surface area (Å²) >= 11 is 0. The van der Waals surface area contributed by atoms with Crippen molar-refractivity contribution in [1.29, 1.82) is 0 Å². The van der Waals surface area contributed by atoms with Crippen LogP contribution in [-0.2, 0) is 5.41 Å². The predicted molar refractivity (Wildman–Crippen MR) is 76.3 cm³/mol. The molecule has 2 nitrogen and oxygen atoms in total. The number of hydrogen-bond donors (Lipinski definition) is 0. The summed E-state index contributed by atoms with van der Waals surface area (Å²) in [5.41, 5.74) is 1.58. The largest absolute Gasteiger partial charge is 0.494 e. The minimum absolute atomic E-state index is 0.218. The minimum atomic E-state index is 0.218. The van der Waals surface area contributed by atoms with Crippen LogP contribution in [0.2, 0.25) is 0 Å². The van der Waals surface area contributed by atoms with Crippen LogP contribution in [0.4, 0.5) is 0 Å². The van der Waals surface area contributed by atoms with Gasteiger partial charge in [-0.05, 0) is 49.0 Å². The topological polar surface area (TPSA) is 12.5 Å². The van der Waals surface area contributed by atoms with Crippen LogP contribution >= 0.6 is 0 Å². The van der Waals surface area contributed by atoms with E-state index in [1.165, 1.54) is 31.6 Å². The number of benzene rings is 1. The first-order valence-corrected chi connectivity index (χ1v) is 7.01. The van der Waals surface area contributed by atoms with Gasteiger partial charge in [-0.3, -0.25) is 0 Å². The molecule has 2 heteroatoms. The second-order valence-corrected chi connectivity index (χ2v) is 6.17. The standard InChI is InChI=1S/C16H25NO/c1-16(2,3)14-6-8-15(9-7-14)18-13-5-12-17-10-4-11-17/h6-9H,4-5,10-13H2,1-3H3. The van der Waals surface area contributed by atoms with Crippen molar-refractivity contribution >= 4 is 0 Å². The van der Waals surface area contributed by atoms with Gasteiger partial charge in [0.1, 0.15) is 5.75 Å². The van der Waals surface area contributed by atoms with Gasteiger partial charge in [0.2, 0.25) is 0 Å². The van der Waals surface area contributed by atoms with Crippen molar-refractivity contribution in [3.63, 3.8) is 0 Å². The summed E-state index contributed by atoms with van der Waals surface area (Å²) in [6.45, 7) is 11.3. The molecule has 1 heterocycles. The summed E-state index contributed by atoms with van der Waals surface area (Å²) in [7, 11) is 0. The van der Waals surface area contributed by atoms with E-state index < -0.39 is 0 Å². The lowest BCUT2D eigenvalue weighted by Crippen LogP contribution is -2.38. The zero-order valence-corrected chi connectivity index (χ0v) is 11.9.